The molecule has 5 heteroatoms. The maximum absolute atomic E-state index is 12.1. The van der Waals surface area contributed by atoms with Gasteiger partial charge in [-0.25, -0.2) is 0 Å². The van der Waals surface area contributed by atoms with E-state index in [1.54, 1.807) is 0 Å². The van der Waals surface area contributed by atoms with Crippen LogP contribution in [0.25, 0.3) is 0 Å². The van der Waals surface area contributed by atoms with E-state index in [1.807, 2.05) is 50.1 Å². The van der Waals surface area contributed by atoms with E-state index >= 15 is 0 Å². The highest BCUT2D eigenvalue weighted by molar-refractivity contribution is 5.75. The molecular formula is C21H34N2O3. The molecule has 2 rings (SSSR count). The molecule has 1 aromatic carbocycles. The maximum atomic E-state index is 12.1. The molecule has 0 radical (unpaired) electrons. The summed E-state index contributed by atoms with van der Waals surface area (Å²) in [5, 5.41) is 13.6. The van der Waals surface area contributed by atoms with E-state index in [0.29, 0.717) is 0 Å². The summed E-state index contributed by atoms with van der Waals surface area (Å²) in [4.78, 5) is 14.1. The van der Waals surface area contributed by atoms with Crippen molar-refractivity contribution in [1.82, 2.24) is 10.2 Å². The number of carbonyl (C=O) groups is 1. The third-order valence-corrected chi connectivity index (χ3v) is 4.95. The molecule has 0 aliphatic carbocycles. The van der Waals surface area contributed by atoms with Gasteiger partial charge in [0.05, 0.1) is 6.10 Å². The van der Waals surface area contributed by atoms with Crippen molar-refractivity contribution in [1.29, 1.82) is 0 Å². The summed E-state index contributed by atoms with van der Waals surface area (Å²) >= 11 is 0. The fraction of sp³-hybridized carbons (Fsp3) is 0.667. The topological polar surface area (TPSA) is 61.8 Å². The van der Waals surface area contributed by atoms with Gasteiger partial charge in [-0.15, -0.1) is 0 Å². The smallest absolute Gasteiger partial charge is 0.325 e. The van der Waals surface area contributed by atoms with E-state index in [4.69, 9.17) is 4.74 Å². The van der Waals surface area contributed by atoms with Gasteiger partial charge >= 0.3 is 5.97 Å². The molecule has 26 heavy (non-hydrogen) atoms. The molecule has 5 nitrogen and oxygen atoms in total. The molecule has 0 amide bonds. The van der Waals surface area contributed by atoms with Gasteiger partial charge in [0.25, 0.3) is 0 Å². The Morgan fingerprint density at radius 1 is 1.15 bits per heavy atom. The van der Waals surface area contributed by atoms with Crippen LogP contribution in [0.2, 0.25) is 0 Å². The number of aliphatic carboxylic acids is 1. The highest BCUT2D eigenvalue weighted by Gasteiger charge is 2.41. The summed E-state index contributed by atoms with van der Waals surface area (Å²) in [6, 6.07) is 6.96. The molecule has 0 saturated carbocycles. The minimum Gasteiger partial charge on any atom is -0.491 e. The predicted molar refractivity (Wildman–Crippen MR) is 105 cm³/mol. The van der Waals surface area contributed by atoms with Gasteiger partial charge < -0.3 is 15.2 Å². The van der Waals surface area contributed by atoms with Gasteiger partial charge in [-0.1, -0.05) is 12.1 Å². The maximum Gasteiger partial charge on any atom is 0.325 e. The van der Waals surface area contributed by atoms with Crippen molar-refractivity contribution in [3.8, 4) is 5.75 Å². The van der Waals surface area contributed by atoms with Gasteiger partial charge in [-0.2, -0.15) is 0 Å². The first-order valence-electron chi connectivity index (χ1n) is 9.41. The number of hydrogen-bond acceptors (Lipinski definition) is 4. The van der Waals surface area contributed by atoms with Crippen LogP contribution >= 0.6 is 0 Å². The standard InChI is InChI=1S/C21H34N2O3/c1-14(2)26-17-10-8-15(9-11-17)18(19(24)25)23(7)16-12-20(3,4)22-21(5,6)13-16/h8-11,14,16,18,22H,12-13H2,1-7H3,(H,24,25). The van der Waals surface area contributed by atoms with Crippen LogP contribution in [0.15, 0.2) is 24.3 Å². The fourth-order valence-electron chi connectivity index (χ4n) is 4.32. The summed E-state index contributed by atoms with van der Waals surface area (Å²) in [7, 11) is 1.93. The molecule has 1 aliphatic heterocycles. The molecule has 1 unspecified atom stereocenters. The largest absolute Gasteiger partial charge is 0.491 e. The number of likely N-dealkylation sites (N-methyl/N-ethyl adjacent to an activating group) is 1. The molecule has 1 fully saturated rings. The van der Waals surface area contributed by atoms with Crippen molar-refractivity contribution >= 4 is 5.97 Å². The summed E-state index contributed by atoms with van der Waals surface area (Å²) < 4.78 is 5.67. The van der Waals surface area contributed by atoms with Crippen molar-refractivity contribution in [3.63, 3.8) is 0 Å². The number of piperidine rings is 1. The Bertz CT molecular complexity index is 607. The van der Waals surface area contributed by atoms with Gasteiger partial charge in [0, 0.05) is 17.1 Å². The van der Waals surface area contributed by atoms with Crippen molar-refractivity contribution in [2.24, 2.45) is 0 Å². The third kappa shape index (κ3) is 5.21. The minimum absolute atomic E-state index is 0.0291. The Morgan fingerprint density at radius 3 is 2.08 bits per heavy atom. The lowest BCUT2D eigenvalue weighted by Gasteiger charge is -2.50. The lowest BCUT2D eigenvalue weighted by molar-refractivity contribution is -0.144. The predicted octanol–water partition coefficient (Wildman–Crippen LogP) is 3.84. The fourth-order valence-corrected chi connectivity index (χ4v) is 4.32. The first kappa shape index (κ1) is 20.7. The Kier molecular flexibility index (Phi) is 6.03. The zero-order valence-corrected chi connectivity index (χ0v) is 17.2. The number of ether oxygens (including phenoxy) is 1. The summed E-state index contributed by atoms with van der Waals surface area (Å²) in [5.74, 6) is -0.0566. The van der Waals surface area contributed by atoms with E-state index in [0.717, 1.165) is 24.2 Å². The summed E-state index contributed by atoms with van der Waals surface area (Å²) in [6.07, 6.45) is 1.91. The van der Waals surface area contributed by atoms with Crippen LogP contribution in [0.1, 0.15) is 66.0 Å². The Labute approximate surface area is 157 Å². The van der Waals surface area contributed by atoms with Crippen LogP contribution in [0.5, 0.6) is 5.75 Å². The van der Waals surface area contributed by atoms with Crippen molar-refractivity contribution in [2.75, 3.05) is 7.05 Å². The van der Waals surface area contributed by atoms with Crippen molar-refractivity contribution in [3.05, 3.63) is 29.8 Å². The SMILES string of the molecule is CC(C)Oc1ccc(C(C(=O)O)N(C)C2CC(C)(C)NC(C)(C)C2)cc1. The van der Waals surface area contributed by atoms with Crippen LogP contribution < -0.4 is 10.1 Å². The molecule has 1 saturated heterocycles. The van der Waals surface area contributed by atoms with E-state index < -0.39 is 12.0 Å². The van der Waals surface area contributed by atoms with Gasteiger partial charge in [-0.3, -0.25) is 9.69 Å². The first-order chi connectivity index (χ1) is 11.9. The quantitative estimate of drug-likeness (QED) is 0.805. The molecular weight excluding hydrogens is 328 g/mol. The number of hydrogen-bond donors (Lipinski definition) is 2. The molecule has 2 N–H and O–H groups in total. The number of nitrogens with zero attached hydrogens (tertiary/aromatic N) is 1. The average molecular weight is 363 g/mol. The van der Waals surface area contributed by atoms with Crippen LogP contribution in [0, 0.1) is 0 Å². The molecule has 1 aromatic rings. The monoisotopic (exact) mass is 362 g/mol. The van der Waals surface area contributed by atoms with Gasteiger partial charge in [0.2, 0.25) is 0 Å². The van der Waals surface area contributed by atoms with Gasteiger partial charge in [0.15, 0.2) is 0 Å². The van der Waals surface area contributed by atoms with Crippen LogP contribution in [-0.4, -0.2) is 46.2 Å². The highest BCUT2D eigenvalue weighted by atomic mass is 16.5. The molecule has 146 valence electrons. The molecule has 0 bridgehead atoms. The molecule has 1 atom stereocenters. The third-order valence-electron chi connectivity index (χ3n) is 4.95. The number of benzene rings is 1. The van der Waals surface area contributed by atoms with E-state index in [-0.39, 0.29) is 23.2 Å². The van der Waals surface area contributed by atoms with Crippen LogP contribution in [0.3, 0.4) is 0 Å². The Hall–Kier alpha value is -1.59. The van der Waals surface area contributed by atoms with E-state index in [1.165, 1.54) is 0 Å². The highest BCUT2D eigenvalue weighted by Crippen LogP contribution is 2.35. The molecule has 0 aromatic heterocycles. The number of nitrogens with one attached hydrogen (secondary N) is 1. The van der Waals surface area contributed by atoms with Crippen molar-refractivity contribution < 1.29 is 14.6 Å². The average Bonchev–Trinajstić information content (AvgIpc) is 2.45. The van der Waals surface area contributed by atoms with E-state index in [9.17, 15) is 9.90 Å². The number of carboxylic acids is 1. The second-order valence-electron chi connectivity index (χ2n) is 9.10. The zero-order valence-electron chi connectivity index (χ0n) is 17.2. The van der Waals surface area contributed by atoms with Gasteiger partial charge in [-0.05, 0) is 79.1 Å². The lowest BCUT2D eigenvalue weighted by Crippen LogP contribution is -2.62. The first-order valence-corrected chi connectivity index (χ1v) is 9.41. The Morgan fingerprint density at radius 2 is 1.65 bits per heavy atom. The molecule has 1 aliphatic rings. The Balaban J connectivity index is 2.24. The van der Waals surface area contributed by atoms with Crippen LogP contribution in [-0.2, 0) is 4.79 Å². The second-order valence-corrected chi connectivity index (χ2v) is 9.10. The van der Waals surface area contributed by atoms with Gasteiger partial charge in [0.1, 0.15) is 11.8 Å². The molecule has 0 spiro atoms. The zero-order chi connectivity index (χ0) is 19.7. The summed E-state index contributed by atoms with van der Waals surface area (Å²) in [6.45, 7) is 12.7. The number of rotatable bonds is 6. The normalized spacial score (nSPS) is 21.0. The van der Waals surface area contributed by atoms with Crippen molar-refractivity contribution in [2.45, 2.75) is 83.6 Å². The number of carboxylic acid groups (broad SMARTS) is 1. The van der Waals surface area contributed by atoms with E-state index in [2.05, 4.69) is 33.0 Å². The second kappa shape index (κ2) is 7.57. The lowest BCUT2D eigenvalue weighted by atomic mass is 9.78. The van der Waals surface area contributed by atoms with Crippen LogP contribution in [0.4, 0.5) is 0 Å². The summed E-state index contributed by atoms with van der Waals surface area (Å²) in [5.41, 5.74) is 0.724. The molecule has 1 heterocycles. The minimum atomic E-state index is -0.820.